The number of hydrogen-bond acceptors (Lipinski definition) is 6. The van der Waals surface area contributed by atoms with Gasteiger partial charge in [-0.2, -0.15) is 5.26 Å². The zero-order valence-electron chi connectivity index (χ0n) is 10.5. The quantitative estimate of drug-likeness (QED) is 0.777. The minimum Gasteiger partial charge on any atom is -0.236 e. The van der Waals surface area contributed by atoms with Crippen molar-refractivity contribution in [2.45, 2.75) is 5.03 Å². The van der Waals surface area contributed by atoms with Gasteiger partial charge in [-0.3, -0.25) is 0 Å². The second-order valence-corrected chi connectivity index (χ2v) is 9.15. The summed E-state index contributed by atoms with van der Waals surface area (Å²) in [6, 6.07) is 9.64. The smallest absolute Gasteiger partial charge is 0.233 e. The molecule has 0 spiro atoms. The van der Waals surface area contributed by atoms with Gasteiger partial charge in [0.2, 0.25) is 9.05 Å². The van der Waals surface area contributed by atoms with Gasteiger partial charge in [0.15, 0.2) is 14.9 Å². The molecule has 0 bridgehead atoms. The van der Waals surface area contributed by atoms with E-state index >= 15 is 0 Å². The fourth-order valence-corrected chi connectivity index (χ4v) is 4.70. The van der Waals surface area contributed by atoms with Crippen molar-refractivity contribution in [2.24, 2.45) is 0 Å². The molecule has 1 aromatic carbocycles. The number of halogens is 1. The van der Waals surface area contributed by atoms with E-state index in [1.54, 1.807) is 24.3 Å². The van der Waals surface area contributed by atoms with Crippen molar-refractivity contribution in [3.8, 4) is 6.07 Å². The van der Waals surface area contributed by atoms with Crippen molar-refractivity contribution in [2.75, 3.05) is 11.5 Å². The van der Waals surface area contributed by atoms with Crippen LogP contribution in [0.5, 0.6) is 0 Å². The molecular formula is C12H9ClN2O4S2. The zero-order valence-corrected chi connectivity index (χ0v) is 12.9. The molecule has 0 unspecified atom stereocenters. The number of benzene rings is 1. The zero-order chi connectivity index (χ0) is 15.7. The van der Waals surface area contributed by atoms with Crippen molar-refractivity contribution in [1.82, 2.24) is 4.98 Å². The Balaban J connectivity index is 2.54. The van der Waals surface area contributed by atoms with Gasteiger partial charge in [0.05, 0.1) is 28.7 Å². The fourth-order valence-electron chi connectivity index (χ4n) is 1.72. The molecule has 6 nitrogen and oxygen atoms in total. The van der Waals surface area contributed by atoms with Crippen molar-refractivity contribution >= 4 is 40.5 Å². The number of nitriles is 1. The van der Waals surface area contributed by atoms with Crippen LogP contribution in [0.15, 0.2) is 35.4 Å². The van der Waals surface area contributed by atoms with Gasteiger partial charge in [-0.15, -0.1) is 0 Å². The van der Waals surface area contributed by atoms with E-state index in [-0.39, 0.29) is 10.6 Å². The molecule has 110 valence electrons. The van der Waals surface area contributed by atoms with Gasteiger partial charge < -0.3 is 0 Å². The summed E-state index contributed by atoms with van der Waals surface area (Å²) in [4.78, 5) is 3.98. The Hall–Kier alpha value is -1.69. The van der Waals surface area contributed by atoms with Crippen molar-refractivity contribution < 1.29 is 16.8 Å². The largest absolute Gasteiger partial charge is 0.236 e. The van der Waals surface area contributed by atoms with Crippen molar-refractivity contribution in [1.29, 1.82) is 5.26 Å². The van der Waals surface area contributed by atoms with Crippen LogP contribution in [-0.4, -0.2) is 33.3 Å². The lowest BCUT2D eigenvalue weighted by molar-refractivity contribution is 0.590. The average molecular weight is 345 g/mol. The molecule has 0 N–H and O–H groups in total. The fraction of sp³-hybridized carbons (Fsp3) is 0.167. The van der Waals surface area contributed by atoms with Crippen LogP contribution < -0.4 is 0 Å². The van der Waals surface area contributed by atoms with E-state index in [1.807, 2.05) is 6.07 Å². The second-order valence-electron chi connectivity index (χ2n) is 4.20. The highest BCUT2D eigenvalue weighted by atomic mass is 35.7. The summed E-state index contributed by atoms with van der Waals surface area (Å²) >= 11 is 0. The first kappa shape index (κ1) is 15.7. The van der Waals surface area contributed by atoms with Crippen LogP contribution in [0.2, 0.25) is 0 Å². The summed E-state index contributed by atoms with van der Waals surface area (Å²) in [6.07, 6.45) is 0. The van der Waals surface area contributed by atoms with Gasteiger partial charge in [-0.05, 0) is 12.1 Å². The van der Waals surface area contributed by atoms with Crippen molar-refractivity contribution in [3.63, 3.8) is 0 Å². The number of sulfone groups is 1. The Morgan fingerprint density at radius 2 is 1.81 bits per heavy atom. The van der Waals surface area contributed by atoms with Crippen LogP contribution >= 0.6 is 10.7 Å². The first-order chi connectivity index (χ1) is 9.73. The number of fused-ring (bicyclic) bond motifs is 1. The third-order valence-electron chi connectivity index (χ3n) is 2.73. The molecule has 0 radical (unpaired) electrons. The Morgan fingerprint density at radius 1 is 1.14 bits per heavy atom. The highest BCUT2D eigenvalue weighted by molar-refractivity contribution is 8.14. The summed E-state index contributed by atoms with van der Waals surface area (Å²) in [5, 5.41) is 9.29. The highest BCUT2D eigenvalue weighted by Gasteiger charge is 2.21. The summed E-state index contributed by atoms with van der Waals surface area (Å²) in [6.45, 7) is 0. The molecule has 0 aliphatic rings. The lowest BCUT2D eigenvalue weighted by atomic mass is 10.1. The molecule has 0 fully saturated rings. The molecule has 0 aliphatic carbocycles. The van der Waals surface area contributed by atoms with Gasteiger partial charge in [0.1, 0.15) is 0 Å². The number of pyridine rings is 1. The number of nitrogens with zero attached hydrogens (tertiary/aromatic N) is 2. The first-order valence-corrected chi connectivity index (χ1v) is 9.81. The maximum Gasteiger partial charge on any atom is 0.233 e. The van der Waals surface area contributed by atoms with Crippen LogP contribution in [0.1, 0.15) is 5.56 Å². The monoisotopic (exact) mass is 344 g/mol. The maximum atomic E-state index is 12.1. The predicted octanol–water partition coefficient (Wildman–Crippen LogP) is 1.45. The Labute approximate surface area is 126 Å². The molecule has 1 aromatic heterocycles. The van der Waals surface area contributed by atoms with Gasteiger partial charge in [-0.1, -0.05) is 18.2 Å². The second kappa shape index (κ2) is 5.60. The van der Waals surface area contributed by atoms with Crippen LogP contribution in [0.3, 0.4) is 0 Å². The predicted molar refractivity (Wildman–Crippen MR) is 78.2 cm³/mol. The molecule has 0 saturated carbocycles. The molecular weight excluding hydrogens is 336 g/mol. The van der Waals surface area contributed by atoms with E-state index in [2.05, 4.69) is 4.98 Å². The molecule has 0 atom stereocenters. The lowest BCUT2D eigenvalue weighted by Gasteiger charge is -2.06. The van der Waals surface area contributed by atoms with Crippen LogP contribution in [0.4, 0.5) is 0 Å². The normalized spacial score (nSPS) is 12.2. The highest BCUT2D eigenvalue weighted by Crippen LogP contribution is 2.21. The molecule has 2 aromatic rings. The Bertz CT molecular complexity index is 947. The summed E-state index contributed by atoms with van der Waals surface area (Å²) in [5.41, 5.74) is 0.511. The summed E-state index contributed by atoms with van der Waals surface area (Å²) < 4.78 is 45.9. The number of aromatic nitrogens is 1. The third-order valence-corrected chi connectivity index (χ3v) is 5.73. The van der Waals surface area contributed by atoms with E-state index in [4.69, 9.17) is 15.9 Å². The standard InChI is InChI=1S/C12H9ClN2O4S2/c13-21(18,19)6-5-20(16,17)12-7-9(8-14)10-3-1-2-4-11(10)15-12/h1-4,7H,5-6H2. The van der Waals surface area contributed by atoms with E-state index in [0.29, 0.717) is 10.9 Å². The molecule has 0 saturated heterocycles. The minimum atomic E-state index is -3.94. The summed E-state index contributed by atoms with van der Waals surface area (Å²) in [5.74, 6) is -1.40. The average Bonchev–Trinajstić information content (AvgIpc) is 2.43. The van der Waals surface area contributed by atoms with Crippen LogP contribution in [-0.2, 0) is 18.9 Å². The lowest BCUT2D eigenvalue weighted by Crippen LogP contribution is -2.15. The molecule has 21 heavy (non-hydrogen) atoms. The Morgan fingerprint density at radius 3 is 2.43 bits per heavy atom. The molecule has 2 rings (SSSR count). The van der Waals surface area contributed by atoms with Gasteiger partial charge in [-0.25, -0.2) is 21.8 Å². The van der Waals surface area contributed by atoms with Gasteiger partial charge in [0, 0.05) is 16.1 Å². The molecule has 1 heterocycles. The molecule has 0 aliphatic heterocycles. The van der Waals surface area contributed by atoms with E-state index in [0.717, 1.165) is 6.07 Å². The molecule has 0 amide bonds. The van der Waals surface area contributed by atoms with E-state index in [1.165, 1.54) is 0 Å². The minimum absolute atomic E-state index is 0.160. The van der Waals surface area contributed by atoms with E-state index in [9.17, 15) is 16.8 Å². The summed E-state index contributed by atoms with van der Waals surface area (Å²) in [7, 11) is -2.85. The van der Waals surface area contributed by atoms with Crippen LogP contribution in [0.25, 0.3) is 10.9 Å². The number of para-hydroxylation sites is 1. The van der Waals surface area contributed by atoms with E-state index < -0.39 is 30.4 Å². The van der Waals surface area contributed by atoms with Crippen molar-refractivity contribution in [3.05, 3.63) is 35.9 Å². The number of rotatable bonds is 4. The van der Waals surface area contributed by atoms with Gasteiger partial charge >= 0.3 is 0 Å². The Kier molecular flexibility index (Phi) is 4.18. The SMILES string of the molecule is N#Cc1cc(S(=O)(=O)CCS(=O)(=O)Cl)nc2ccccc12. The third kappa shape index (κ3) is 3.69. The molecule has 9 heteroatoms. The number of hydrogen-bond donors (Lipinski definition) is 0. The topological polar surface area (TPSA) is 105 Å². The van der Waals surface area contributed by atoms with Crippen LogP contribution in [0, 0.1) is 11.3 Å². The first-order valence-electron chi connectivity index (χ1n) is 5.68. The maximum absolute atomic E-state index is 12.1. The van der Waals surface area contributed by atoms with Gasteiger partial charge in [0.25, 0.3) is 0 Å².